The Labute approximate surface area is 111 Å². The monoisotopic (exact) mass is 258 g/mol. The van der Waals surface area contributed by atoms with Gasteiger partial charge in [0.25, 0.3) is 0 Å². The average molecular weight is 258 g/mol. The Morgan fingerprint density at radius 2 is 1.58 bits per heavy atom. The van der Waals surface area contributed by atoms with E-state index in [1.807, 2.05) is 26.0 Å². The molecule has 0 amide bonds. The van der Waals surface area contributed by atoms with E-state index in [9.17, 15) is 5.11 Å². The largest absolute Gasteiger partial charge is 0.461 e. The number of hydrogen-bond acceptors (Lipinski definition) is 3. The molecule has 0 aliphatic carbocycles. The highest BCUT2D eigenvalue weighted by molar-refractivity contribution is 6.01. The second-order valence-electron chi connectivity index (χ2n) is 5.36. The summed E-state index contributed by atoms with van der Waals surface area (Å²) >= 11 is 0. The standard InChI is InChI=1S/C16H18O3/c1-8(17)5-13-14-7-10(3)18-15(14)11(4)12-6-9(2)19-16(12)13/h6-8,17H,5H2,1-4H3. The lowest BCUT2D eigenvalue weighted by molar-refractivity contribution is 0.196. The number of fused-ring (bicyclic) bond motifs is 2. The number of benzene rings is 1. The molecule has 3 aromatic rings. The SMILES string of the molecule is Cc1cc2c(CC(C)O)c3oc(C)cc3c(C)c2o1. The smallest absolute Gasteiger partial charge is 0.138 e. The van der Waals surface area contributed by atoms with E-state index < -0.39 is 6.10 Å². The van der Waals surface area contributed by atoms with Crippen molar-refractivity contribution in [2.24, 2.45) is 0 Å². The van der Waals surface area contributed by atoms with Gasteiger partial charge in [0.15, 0.2) is 0 Å². The summed E-state index contributed by atoms with van der Waals surface area (Å²) in [6, 6.07) is 4.06. The Morgan fingerprint density at radius 1 is 1.00 bits per heavy atom. The van der Waals surface area contributed by atoms with Gasteiger partial charge in [0.05, 0.1) is 6.10 Å². The molecule has 0 bridgehead atoms. The molecular formula is C16H18O3. The summed E-state index contributed by atoms with van der Waals surface area (Å²) in [5.41, 5.74) is 3.92. The van der Waals surface area contributed by atoms with Gasteiger partial charge in [-0.05, 0) is 39.8 Å². The van der Waals surface area contributed by atoms with Crippen LogP contribution in [0.3, 0.4) is 0 Å². The number of aliphatic hydroxyl groups is 1. The van der Waals surface area contributed by atoms with Crippen molar-refractivity contribution < 1.29 is 13.9 Å². The van der Waals surface area contributed by atoms with Gasteiger partial charge in [-0.3, -0.25) is 0 Å². The minimum Gasteiger partial charge on any atom is -0.461 e. The molecule has 3 rings (SSSR count). The molecule has 0 saturated carbocycles. The molecule has 2 aromatic heterocycles. The van der Waals surface area contributed by atoms with Crippen molar-refractivity contribution in [3.05, 3.63) is 34.8 Å². The average Bonchev–Trinajstić information content (AvgIpc) is 2.87. The molecule has 1 aromatic carbocycles. The Morgan fingerprint density at radius 3 is 2.21 bits per heavy atom. The minimum absolute atomic E-state index is 0.408. The van der Waals surface area contributed by atoms with Gasteiger partial charge < -0.3 is 13.9 Å². The first kappa shape index (κ1) is 12.3. The Kier molecular flexibility index (Phi) is 2.68. The predicted octanol–water partition coefficient (Wildman–Crippen LogP) is 4.03. The molecule has 0 saturated heterocycles. The Bertz CT molecular complexity index is 702. The molecule has 1 atom stereocenters. The second kappa shape index (κ2) is 4.14. The van der Waals surface area contributed by atoms with E-state index >= 15 is 0 Å². The van der Waals surface area contributed by atoms with Crippen LogP contribution >= 0.6 is 0 Å². The molecule has 19 heavy (non-hydrogen) atoms. The van der Waals surface area contributed by atoms with E-state index in [-0.39, 0.29) is 0 Å². The van der Waals surface area contributed by atoms with Gasteiger partial charge in [0.1, 0.15) is 22.7 Å². The van der Waals surface area contributed by atoms with Gasteiger partial charge in [-0.15, -0.1) is 0 Å². The molecule has 1 unspecified atom stereocenters. The van der Waals surface area contributed by atoms with Gasteiger partial charge in [-0.25, -0.2) is 0 Å². The van der Waals surface area contributed by atoms with Crippen molar-refractivity contribution >= 4 is 21.9 Å². The zero-order chi connectivity index (χ0) is 13.7. The van der Waals surface area contributed by atoms with Crippen LogP contribution in [0.2, 0.25) is 0 Å². The van der Waals surface area contributed by atoms with Crippen LogP contribution in [-0.2, 0) is 6.42 Å². The molecular weight excluding hydrogens is 240 g/mol. The van der Waals surface area contributed by atoms with Crippen LogP contribution in [0.15, 0.2) is 21.0 Å². The molecule has 0 radical (unpaired) electrons. The maximum absolute atomic E-state index is 9.74. The highest BCUT2D eigenvalue weighted by Gasteiger charge is 2.19. The van der Waals surface area contributed by atoms with Crippen molar-refractivity contribution in [3.8, 4) is 0 Å². The molecule has 0 spiro atoms. The maximum atomic E-state index is 9.74. The number of aliphatic hydroxyl groups excluding tert-OH is 1. The van der Waals surface area contributed by atoms with Crippen molar-refractivity contribution in [1.29, 1.82) is 0 Å². The number of furan rings is 2. The van der Waals surface area contributed by atoms with Gasteiger partial charge >= 0.3 is 0 Å². The summed E-state index contributed by atoms with van der Waals surface area (Å²) in [5, 5.41) is 11.9. The lowest BCUT2D eigenvalue weighted by atomic mass is 9.98. The Hall–Kier alpha value is -1.74. The Balaban J connectivity index is 2.47. The molecule has 0 fully saturated rings. The number of rotatable bonds is 2. The first-order valence-corrected chi connectivity index (χ1v) is 6.57. The van der Waals surface area contributed by atoms with Crippen LogP contribution in [0.5, 0.6) is 0 Å². The summed E-state index contributed by atoms with van der Waals surface area (Å²) in [5.74, 6) is 1.77. The third-order valence-corrected chi connectivity index (χ3v) is 3.55. The van der Waals surface area contributed by atoms with Crippen LogP contribution in [0.1, 0.15) is 29.6 Å². The highest BCUT2D eigenvalue weighted by Crippen LogP contribution is 2.36. The first-order valence-electron chi connectivity index (χ1n) is 6.57. The summed E-state index contributed by atoms with van der Waals surface area (Å²) in [4.78, 5) is 0. The quantitative estimate of drug-likeness (QED) is 0.755. The zero-order valence-corrected chi connectivity index (χ0v) is 11.7. The van der Waals surface area contributed by atoms with Gasteiger partial charge in [-0.2, -0.15) is 0 Å². The summed E-state index contributed by atoms with van der Waals surface area (Å²) in [6.45, 7) is 7.73. The maximum Gasteiger partial charge on any atom is 0.138 e. The van der Waals surface area contributed by atoms with Crippen LogP contribution in [-0.4, -0.2) is 11.2 Å². The van der Waals surface area contributed by atoms with E-state index in [2.05, 4.69) is 6.92 Å². The molecule has 0 aliphatic heterocycles. The lowest BCUT2D eigenvalue weighted by Gasteiger charge is -2.08. The van der Waals surface area contributed by atoms with Crippen LogP contribution in [0.4, 0.5) is 0 Å². The topological polar surface area (TPSA) is 46.5 Å². The van der Waals surface area contributed by atoms with Crippen molar-refractivity contribution in [1.82, 2.24) is 0 Å². The molecule has 100 valence electrons. The van der Waals surface area contributed by atoms with E-state index in [4.69, 9.17) is 8.83 Å². The number of hydrogen-bond donors (Lipinski definition) is 1. The van der Waals surface area contributed by atoms with Gasteiger partial charge in [0.2, 0.25) is 0 Å². The van der Waals surface area contributed by atoms with E-state index in [1.54, 1.807) is 6.92 Å². The summed E-state index contributed by atoms with van der Waals surface area (Å²) in [6.07, 6.45) is 0.161. The molecule has 3 nitrogen and oxygen atoms in total. The van der Waals surface area contributed by atoms with Crippen LogP contribution in [0.25, 0.3) is 21.9 Å². The lowest BCUT2D eigenvalue weighted by Crippen LogP contribution is -2.05. The van der Waals surface area contributed by atoms with Crippen LogP contribution < -0.4 is 0 Å². The zero-order valence-electron chi connectivity index (χ0n) is 11.7. The summed E-state index contributed by atoms with van der Waals surface area (Å²) < 4.78 is 11.7. The number of aryl methyl sites for hydroxylation is 3. The van der Waals surface area contributed by atoms with E-state index in [1.165, 1.54) is 0 Å². The third-order valence-electron chi connectivity index (χ3n) is 3.55. The van der Waals surface area contributed by atoms with Crippen LogP contribution in [0, 0.1) is 20.8 Å². The third kappa shape index (κ3) is 1.85. The normalized spacial score (nSPS) is 13.5. The summed E-state index contributed by atoms with van der Waals surface area (Å²) in [7, 11) is 0. The highest BCUT2D eigenvalue weighted by atomic mass is 16.3. The molecule has 1 N–H and O–H groups in total. The first-order chi connectivity index (χ1) is 8.97. The van der Waals surface area contributed by atoms with Crippen molar-refractivity contribution in [2.45, 2.75) is 40.2 Å². The van der Waals surface area contributed by atoms with Crippen molar-refractivity contribution in [2.75, 3.05) is 0 Å². The predicted molar refractivity (Wildman–Crippen MR) is 75.6 cm³/mol. The molecule has 2 heterocycles. The molecule has 0 aliphatic rings. The minimum atomic E-state index is -0.408. The second-order valence-corrected chi connectivity index (χ2v) is 5.36. The fourth-order valence-corrected chi connectivity index (χ4v) is 2.78. The fourth-order valence-electron chi connectivity index (χ4n) is 2.78. The van der Waals surface area contributed by atoms with Crippen molar-refractivity contribution in [3.63, 3.8) is 0 Å². The van der Waals surface area contributed by atoms with E-state index in [0.29, 0.717) is 6.42 Å². The van der Waals surface area contributed by atoms with E-state index in [0.717, 1.165) is 44.6 Å². The fraction of sp³-hybridized carbons (Fsp3) is 0.375. The van der Waals surface area contributed by atoms with Gasteiger partial charge in [0, 0.05) is 28.3 Å². The molecule has 3 heteroatoms. The van der Waals surface area contributed by atoms with Gasteiger partial charge in [-0.1, -0.05) is 0 Å².